The first-order valence-electron chi connectivity index (χ1n) is 4.20. The van der Waals surface area contributed by atoms with Crippen LogP contribution in [0.2, 0.25) is 0 Å². The van der Waals surface area contributed by atoms with E-state index in [2.05, 4.69) is 0 Å². The number of carbonyl (C=O) groups is 2. The molecule has 0 bridgehead atoms. The van der Waals surface area contributed by atoms with Gasteiger partial charge in [0.25, 0.3) is 0 Å². The Kier molecular flexibility index (Phi) is 3.45. The summed E-state index contributed by atoms with van der Waals surface area (Å²) >= 11 is 0. The first kappa shape index (κ1) is 12.4. The smallest absolute Gasteiger partial charge is 0.318 e. The predicted octanol–water partition coefficient (Wildman–Crippen LogP) is -0.799. The number of carboxylic acids is 1. The van der Waals surface area contributed by atoms with Gasteiger partial charge < -0.3 is 9.67 Å². The average Bonchev–Trinajstić information content (AvgIpc) is 2.57. The quantitative estimate of drug-likeness (QED) is 0.662. The third-order valence-electron chi connectivity index (χ3n) is 1.86. The molecule has 0 saturated heterocycles. The van der Waals surface area contributed by atoms with Gasteiger partial charge in [0, 0.05) is 13.2 Å². The standard InChI is InChI=1S/C8H10N2O5S/c1-10-4-7(2-6(10)5-11)16(14,15)9-3-8(12)13/h2,4-5,9H,3H2,1H3,(H,12,13). The molecule has 2 N–H and O–H groups in total. The maximum atomic E-state index is 11.5. The zero-order chi connectivity index (χ0) is 12.3. The molecule has 0 aliphatic carbocycles. The van der Waals surface area contributed by atoms with E-state index in [1.165, 1.54) is 17.8 Å². The minimum absolute atomic E-state index is 0.140. The third kappa shape index (κ3) is 2.67. The number of rotatable bonds is 5. The van der Waals surface area contributed by atoms with Crippen LogP contribution < -0.4 is 4.72 Å². The van der Waals surface area contributed by atoms with Gasteiger partial charge in [0.15, 0.2) is 6.29 Å². The van der Waals surface area contributed by atoms with Gasteiger partial charge in [-0.15, -0.1) is 0 Å². The maximum absolute atomic E-state index is 11.5. The Morgan fingerprint density at radius 1 is 1.62 bits per heavy atom. The molecule has 0 aliphatic rings. The summed E-state index contributed by atoms with van der Waals surface area (Å²) in [5.41, 5.74) is 0.190. The van der Waals surface area contributed by atoms with Crippen molar-refractivity contribution in [1.82, 2.24) is 9.29 Å². The second-order valence-corrected chi connectivity index (χ2v) is 4.81. The lowest BCUT2D eigenvalue weighted by Gasteiger charge is -2.00. The first-order chi connectivity index (χ1) is 7.36. The van der Waals surface area contributed by atoms with Crippen LogP contribution >= 0.6 is 0 Å². The molecule has 88 valence electrons. The zero-order valence-electron chi connectivity index (χ0n) is 8.37. The van der Waals surface area contributed by atoms with E-state index in [1.807, 2.05) is 4.72 Å². The topological polar surface area (TPSA) is 105 Å². The average molecular weight is 246 g/mol. The highest BCUT2D eigenvalue weighted by molar-refractivity contribution is 7.89. The number of sulfonamides is 1. The summed E-state index contributed by atoms with van der Waals surface area (Å²) in [6, 6.07) is 1.16. The van der Waals surface area contributed by atoms with Crippen LogP contribution in [0.15, 0.2) is 17.2 Å². The van der Waals surface area contributed by atoms with Gasteiger partial charge in [-0.2, -0.15) is 4.72 Å². The normalized spacial score (nSPS) is 11.3. The molecule has 7 nitrogen and oxygen atoms in total. The molecular formula is C8H10N2O5S. The van der Waals surface area contributed by atoms with E-state index >= 15 is 0 Å². The summed E-state index contributed by atoms with van der Waals surface area (Å²) in [5, 5.41) is 8.34. The molecule has 8 heteroatoms. The van der Waals surface area contributed by atoms with Crippen molar-refractivity contribution in [2.24, 2.45) is 7.05 Å². The number of hydrogen-bond donors (Lipinski definition) is 2. The van der Waals surface area contributed by atoms with Crippen molar-refractivity contribution in [3.8, 4) is 0 Å². The molecule has 1 rings (SSSR count). The van der Waals surface area contributed by atoms with Crippen LogP contribution in [0.3, 0.4) is 0 Å². The third-order valence-corrected chi connectivity index (χ3v) is 3.23. The Balaban J connectivity index is 2.98. The lowest BCUT2D eigenvalue weighted by atomic mass is 10.5. The SMILES string of the molecule is Cn1cc(S(=O)(=O)NCC(=O)O)cc1C=O. The lowest BCUT2D eigenvalue weighted by molar-refractivity contribution is -0.135. The number of aryl methyl sites for hydroxylation is 1. The zero-order valence-corrected chi connectivity index (χ0v) is 9.19. The number of nitrogens with zero attached hydrogens (tertiary/aromatic N) is 1. The minimum Gasteiger partial charge on any atom is -0.480 e. The van der Waals surface area contributed by atoms with E-state index in [-0.39, 0.29) is 10.6 Å². The number of aldehydes is 1. The van der Waals surface area contributed by atoms with Crippen molar-refractivity contribution >= 4 is 22.3 Å². The van der Waals surface area contributed by atoms with Crippen LogP contribution in [-0.2, 0) is 21.9 Å². The van der Waals surface area contributed by atoms with Crippen LogP contribution in [0.4, 0.5) is 0 Å². The van der Waals surface area contributed by atoms with Crippen molar-refractivity contribution in [3.63, 3.8) is 0 Å². The number of carboxylic acid groups (broad SMARTS) is 1. The molecule has 16 heavy (non-hydrogen) atoms. The Hall–Kier alpha value is -1.67. The summed E-state index contributed by atoms with van der Waals surface area (Å²) in [6.07, 6.45) is 1.74. The van der Waals surface area contributed by atoms with E-state index in [4.69, 9.17) is 5.11 Å². The number of hydrogen-bond acceptors (Lipinski definition) is 4. The van der Waals surface area contributed by atoms with Crippen molar-refractivity contribution in [1.29, 1.82) is 0 Å². The summed E-state index contributed by atoms with van der Waals surface area (Å²) in [6.45, 7) is -0.701. The fourth-order valence-electron chi connectivity index (χ4n) is 1.05. The molecule has 1 aromatic rings. The number of carbonyl (C=O) groups excluding carboxylic acids is 1. The molecule has 0 unspecified atom stereocenters. The fourth-order valence-corrected chi connectivity index (χ4v) is 2.11. The van der Waals surface area contributed by atoms with Crippen molar-refractivity contribution in [2.45, 2.75) is 4.90 Å². The Morgan fingerprint density at radius 3 is 2.69 bits per heavy atom. The maximum Gasteiger partial charge on any atom is 0.318 e. The van der Waals surface area contributed by atoms with Crippen LogP contribution in [0, 0.1) is 0 Å². The Morgan fingerprint density at radius 2 is 2.25 bits per heavy atom. The Bertz CT molecular complexity index is 517. The molecule has 0 saturated carbocycles. The molecule has 0 spiro atoms. The molecule has 0 aromatic carbocycles. The van der Waals surface area contributed by atoms with E-state index in [0.29, 0.717) is 6.29 Å². The van der Waals surface area contributed by atoms with Gasteiger partial charge >= 0.3 is 5.97 Å². The van der Waals surface area contributed by atoms with Crippen LogP contribution in [-0.4, -0.2) is 36.9 Å². The number of aliphatic carboxylic acids is 1. The predicted molar refractivity (Wildman–Crippen MR) is 53.6 cm³/mol. The summed E-state index contributed by atoms with van der Waals surface area (Å²) < 4.78 is 26.2. The van der Waals surface area contributed by atoms with Gasteiger partial charge in [0.2, 0.25) is 10.0 Å². The highest BCUT2D eigenvalue weighted by Crippen LogP contribution is 2.11. The molecular weight excluding hydrogens is 236 g/mol. The molecule has 0 fully saturated rings. The first-order valence-corrected chi connectivity index (χ1v) is 5.68. The minimum atomic E-state index is -3.88. The molecule has 0 atom stereocenters. The fraction of sp³-hybridized carbons (Fsp3) is 0.250. The van der Waals surface area contributed by atoms with Gasteiger partial charge in [-0.1, -0.05) is 0 Å². The lowest BCUT2D eigenvalue weighted by Crippen LogP contribution is -2.29. The van der Waals surface area contributed by atoms with Gasteiger partial charge in [0.05, 0.1) is 5.69 Å². The summed E-state index contributed by atoms with van der Waals surface area (Å²) in [7, 11) is -2.36. The second-order valence-electron chi connectivity index (χ2n) is 3.05. The summed E-state index contributed by atoms with van der Waals surface area (Å²) in [5.74, 6) is -1.28. The van der Waals surface area contributed by atoms with Gasteiger partial charge in [-0.05, 0) is 6.07 Å². The number of nitrogens with one attached hydrogen (secondary N) is 1. The van der Waals surface area contributed by atoms with E-state index < -0.39 is 22.5 Å². The monoisotopic (exact) mass is 246 g/mol. The highest BCUT2D eigenvalue weighted by atomic mass is 32.2. The Labute approximate surface area is 91.7 Å². The van der Waals surface area contributed by atoms with E-state index in [0.717, 1.165) is 6.07 Å². The second kappa shape index (κ2) is 4.45. The van der Waals surface area contributed by atoms with Crippen LogP contribution in [0.5, 0.6) is 0 Å². The largest absolute Gasteiger partial charge is 0.480 e. The van der Waals surface area contributed by atoms with Gasteiger partial charge in [-0.3, -0.25) is 9.59 Å². The summed E-state index contributed by atoms with van der Waals surface area (Å²) in [4.78, 5) is 20.6. The molecule has 0 amide bonds. The van der Waals surface area contributed by atoms with Crippen LogP contribution in [0.1, 0.15) is 10.5 Å². The molecule has 1 aromatic heterocycles. The van der Waals surface area contributed by atoms with Gasteiger partial charge in [0.1, 0.15) is 11.4 Å². The highest BCUT2D eigenvalue weighted by Gasteiger charge is 2.18. The van der Waals surface area contributed by atoms with E-state index in [1.54, 1.807) is 0 Å². The van der Waals surface area contributed by atoms with E-state index in [9.17, 15) is 18.0 Å². The molecule has 0 aliphatic heterocycles. The van der Waals surface area contributed by atoms with Crippen LogP contribution in [0.25, 0.3) is 0 Å². The molecule has 0 radical (unpaired) electrons. The van der Waals surface area contributed by atoms with Crippen molar-refractivity contribution in [3.05, 3.63) is 18.0 Å². The van der Waals surface area contributed by atoms with Crippen molar-refractivity contribution < 1.29 is 23.1 Å². The van der Waals surface area contributed by atoms with Crippen molar-refractivity contribution in [2.75, 3.05) is 6.54 Å². The van der Waals surface area contributed by atoms with Gasteiger partial charge in [-0.25, -0.2) is 8.42 Å². The molecule has 1 heterocycles. The number of aromatic nitrogens is 1.